The summed E-state index contributed by atoms with van der Waals surface area (Å²) < 4.78 is 11.4. The summed E-state index contributed by atoms with van der Waals surface area (Å²) in [6.45, 7) is 0. The van der Waals surface area contributed by atoms with Gasteiger partial charge in [-0.25, -0.2) is 0 Å². The first kappa shape index (κ1) is 24.4. The van der Waals surface area contributed by atoms with Gasteiger partial charge >= 0.3 is 0 Å². The Labute approximate surface area is 258 Å². The summed E-state index contributed by atoms with van der Waals surface area (Å²) in [7, 11) is 0. The molecule has 2 aliphatic heterocycles. The van der Waals surface area contributed by atoms with Crippen molar-refractivity contribution in [3.05, 3.63) is 157 Å². The summed E-state index contributed by atoms with van der Waals surface area (Å²) in [5, 5.41) is 8.23. The van der Waals surface area contributed by atoms with Gasteiger partial charge in [0.15, 0.2) is 11.5 Å². The highest BCUT2D eigenvalue weighted by molar-refractivity contribution is 6.30. The Hall–Kier alpha value is -6.07. The fraction of sp³-hybridized carbons (Fsp3) is 0.0250. The van der Waals surface area contributed by atoms with E-state index in [1.807, 2.05) is 30.5 Å². The Kier molecular flexibility index (Phi) is 4.99. The van der Waals surface area contributed by atoms with Crippen LogP contribution in [0.2, 0.25) is 0 Å². The van der Waals surface area contributed by atoms with Gasteiger partial charge in [0.2, 0.25) is 0 Å². The number of rotatable bonds is 3. The van der Waals surface area contributed by atoms with Crippen LogP contribution in [0.15, 0.2) is 151 Å². The third kappa shape index (κ3) is 3.46. The third-order valence-corrected chi connectivity index (χ3v) is 9.15. The zero-order valence-corrected chi connectivity index (χ0v) is 24.2. The summed E-state index contributed by atoms with van der Waals surface area (Å²) in [6.07, 6.45) is 4.12. The first-order chi connectivity index (χ1) is 22.3. The number of ether oxygens (including phenoxy) is 1. The standard InChI is InChI=1S/C40H26N4O/c1-2-11-25(12-3-1)40-41-22-21-30(42-40)26-13-10-14-27(23-26)43-31-17-6-4-15-28(31)37-34(43)24-36-39-38(37)29-16-5-7-18-32(29)44(39)33-19-8-9-20-35(33)45-36/h1-24,30H,(H,41,42). The maximum Gasteiger partial charge on any atom is 0.154 e. The molecule has 0 spiro atoms. The predicted octanol–water partition coefficient (Wildman–Crippen LogP) is 9.59. The minimum atomic E-state index is -0.0971. The van der Waals surface area contributed by atoms with Gasteiger partial charge < -0.3 is 19.2 Å². The summed E-state index contributed by atoms with van der Waals surface area (Å²) in [4.78, 5) is 5.09. The molecule has 2 aliphatic rings. The molecular weight excluding hydrogens is 552 g/mol. The van der Waals surface area contributed by atoms with E-state index in [1.165, 1.54) is 27.1 Å². The van der Waals surface area contributed by atoms with Crippen LogP contribution in [0.4, 0.5) is 0 Å². The molecule has 1 atom stereocenters. The molecule has 212 valence electrons. The SMILES string of the molecule is C1=CC(c2cccc(-n3c4ccccc4c4c5c6ccccc6n6c5c(cc43)Oc3ccccc3-6)c2)N=C(c2ccccc2)N1. The van der Waals surface area contributed by atoms with Crippen LogP contribution in [0, 0.1) is 0 Å². The number of aliphatic imine (C=N–C) groups is 1. The van der Waals surface area contributed by atoms with Gasteiger partial charge in [0.05, 0.1) is 33.8 Å². The van der Waals surface area contributed by atoms with Gasteiger partial charge in [-0.15, -0.1) is 0 Å². The van der Waals surface area contributed by atoms with Crippen molar-refractivity contribution >= 4 is 49.4 Å². The molecule has 0 fully saturated rings. The van der Waals surface area contributed by atoms with Crippen LogP contribution in [0.25, 0.3) is 55.0 Å². The smallest absolute Gasteiger partial charge is 0.154 e. The van der Waals surface area contributed by atoms with E-state index in [0.717, 1.165) is 56.4 Å². The maximum atomic E-state index is 6.68. The van der Waals surface area contributed by atoms with Crippen LogP contribution >= 0.6 is 0 Å². The van der Waals surface area contributed by atoms with E-state index in [9.17, 15) is 0 Å². The van der Waals surface area contributed by atoms with Gasteiger partial charge in [-0.3, -0.25) is 4.99 Å². The Bertz CT molecular complexity index is 2550. The van der Waals surface area contributed by atoms with E-state index >= 15 is 0 Å². The van der Waals surface area contributed by atoms with E-state index < -0.39 is 0 Å². The monoisotopic (exact) mass is 578 g/mol. The average molecular weight is 579 g/mol. The molecule has 0 saturated carbocycles. The van der Waals surface area contributed by atoms with Gasteiger partial charge in [-0.05, 0) is 48.0 Å². The number of nitrogens with one attached hydrogen (secondary N) is 1. The molecule has 0 radical (unpaired) electrons. The molecule has 8 aromatic rings. The second kappa shape index (κ2) is 9.21. The number of hydrogen-bond donors (Lipinski definition) is 1. The van der Waals surface area contributed by atoms with Crippen LogP contribution < -0.4 is 10.1 Å². The van der Waals surface area contributed by atoms with E-state index in [1.54, 1.807) is 0 Å². The molecule has 1 unspecified atom stereocenters. The number of para-hydroxylation sites is 4. The lowest BCUT2D eigenvalue weighted by Crippen LogP contribution is -2.23. The normalized spacial score (nSPS) is 15.3. The Morgan fingerprint density at radius 2 is 1.33 bits per heavy atom. The third-order valence-electron chi connectivity index (χ3n) is 9.15. The molecule has 10 rings (SSSR count). The van der Waals surface area contributed by atoms with Crippen molar-refractivity contribution in [2.24, 2.45) is 4.99 Å². The molecule has 0 bridgehead atoms. The van der Waals surface area contributed by atoms with E-state index in [2.05, 4.69) is 130 Å². The molecule has 1 N–H and O–H groups in total. The number of amidine groups is 1. The highest BCUT2D eigenvalue weighted by Gasteiger charge is 2.28. The predicted molar refractivity (Wildman–Crippen MR) is 183 cm³/mol. The summed E-state index contributed by atoms with van der Waals surface area (Å²) in [5.41, 5.74) is 8.93. The van der Waals surface area contributed by atoms with Crippen LogP contribution in [0.5, 0.6) is 11.5 Å². The molecule has 45 heavy (non-hydrogen) atoms. The highest BCUT2D eigenvalue weighted by Crippen LogP contribution is 2.50. The lowest BCUT2D eigenvalue weighted by atomic mass is 10.0. The second-order valence-electron chi connectivity index (χ2n) is 11.7. The molecule has 0 amide bonds. The van der Waals surface area contributed by atoms with E-state index in [-0.39, 0.29) is 6.04 Å². The van der Waals surface area contributed by atoms with Crippen molar-refractivity contribution in [3.8, 4) is 22.9 Å². The van der Waals surface area contributed by atoms with Crippen LogP contribution in [0.3, 0.4) is 0 Å². The number of nitrogens with zero attached hydrogens (tertiary/aromatic N) is 3. The second-order valence-corrected chi connectivity index (χ2v) is 11.7. The fourth-order valence-electron chi connectivity index (χ4n) is 7.26. The molecule has 0 aliphatic carbocycles. The Morgan fingerprint density at radius 3 is 2.20 bits per heavy atom. The molecular formula is C40H26N4O. The summed E-state index contributed by atoms with van der Waals surface area (Å²) >= 11 is 0. The first-order valence-corrected chi connectivity index (χ1v) is 15.3. The lowest BCUT2D eigenvalue weighted by Gasteiger charge is -2.21. The number of benzene rings is 6. The quantitative estimate of drug-likeness (QED) is 0.227. The number of fused-ring (bicyclic) bond motifs is 9. The Balaban J connectivity index is 1.25. The fourth-order valence-corrected chi connectivity index (χ4v) is 7.26. The van der Waals surface area contributed by atoms with Crippen LogP contribution in [0.1, 0.15) is 17.2 Å². The molecule has 5 nitrogen and oxygen atoms in total. The van der Waals surface area contributed by atoms with Gasteiger partial charge in [0.1, 0.15) is 5.84 Å². The van der Waals surface area contributed by atoms with Crippen molar-refractivity contribution in [2.75, 3.05) is 0 Å². The molecule has 4 heterocycles. The zero-order chi connectivity index (χ0) is 29.5. The van der Waals surface area contributed by atoms with Crippen LogP contribution in [-0.4, -0.2) is 15.0 Å². The Morgan fingerprint density at radius 1 is 0.600 bits per heavy atom. The van der Waals surface area contributed by atoms with Gasteiger partial charge in [-0.1, -0.05) is 91.0 Å². The number of aromatic nitrogens is 2. The van der Waals surface area contributed by atoms with Crippen LogP contribution in [-0.2, 0) is 0 Å². The largest absolute Gasteiger partial charge is 0.453 e. The average Bonchev–Trinajstić information content (AvgIpc) is 3.63. The van der Waals surface area contributed by atoms with Crippen molar-refractivity contribution < 1.29 is 4.74 Å². The van der Waals surface area contributed by atoms with Gasteiger partial charge in [0, 0.05) is 45.1 Å². The lowest BCUT2D eigenvalue weighted by molar-refractivity contribution is 0.477. The van der Waals surface area contributed by atoms with Gasteiger partial charge in [-0.2, -0.15) is 0 Å². The molecule has 0 saturated heterocycles. The first-order valence-electron chi connectivity index (χ1n) is 15.3. The maximum absolute atomic E-state index is 6.68. The summed E-state index contributed by atoms with van der Waals surface area (Å²) in [5.74, 6) is 2.60. The van der Waals surface area contributed by atoms with E-state index in [4.69, 9.17) is 9.73 Å². The highest BCUT2D eigenvalue weighted by atomic mass is 16.5. The molecule has 5 heteroatoms. The zero-order valence-electron chi connectivity index (χ0n) is 24.2. The van der Waals surface area contributed by atoms with Crippen molar-refractivity contribution in [3.63, 3.8) is 0 Å². The van der Waals surface area contributed by atoms with Crippen molar-refractivity contribution in [1.82, 2.24) is 14.5 Å². The minimum absolute atomic E-state index is 0.0971. The van der Waals surface area contributed by atoms with Crippen molar-refractivity contribution in [1.29, 1.82) is 0 Å². The summed E-state index contributed by atoms with van der Waals surface area (Å²) in [6, 6.07) is 46.9. The minimum Gasteiger partial charge on any atom is -0.453 e. The van der Waals surface area contributed by atoms with Gasteiger partial charge in [0.25, 0.3) is 0 Å². The molecule has 6 aromatic carbocycles. The molecule has 2 aromatic heterocycles. The topological polar surface area (TPSA) is 43.5 Å². The van der Waals surface area contributed by atoms with E-state index in [0.29, 0.717) is 0 Å². The number of hydrogen-bond acceptors (Lipinski definition) is 3. The van der Waals surface area contributed by atoms with Crippen molar-refractivity contribution in [2.45, 2.75) is 6.04 Å².